The van der Waals surface area contributed by atoms with Gasteiger partial charge in [-0.05, 0) is 42.8 Å². The quantitative estimate of drug-likeness (QED) is 0.256. The summed E-state index contributed by atoms with van der Waals surface area (Å²) in [6, 6.07) is 18.0. The SMILES string of the molecule is CC(C)(C=C(C#N)C(=O)N1CCC1Cn1c(=O)n(-c2ccc(Oc3ccccc3)cc2)c2c(N)ncnc21)CO. The number of carbonyl (C=O) groups excluding carboxylic acids is 1. The third kappa shape index (κ3) is 5.04. The highest BCUT2D eigenvalue weighted by molar-refractivity contribution is 5.98. The van der Waals surface area contributed by atoms with Crippen LogP contribution in [0.4, 0.5) is 5.82 Å². The van der Waals surface area contributed by atoms with Gasteiger partial charge in [0.2, 0.25) is 0 Å². The number of aliphatic hydroxyl groups excluding tert-OH is 1. The van der Waals surface area contributed by atoms with Crippen molar-refractivity contribution in [3.8, 4) is 23.3 Å². The van der Waals surface area contributed by atoms with E-state index in [1.54, 1.807) is 43.0 Å². The van der Waals surface area contributed by atoms with Crippen LogP contribution in [0.2, 0.25) is 0 Å². The van der Waals surface area contributed by atoms with Crippen molar-refractivity contribution in [1.29, 1.82) is 5.26 Å². The predicted molar refractivity (Wildman–Crippen MR) is 149 cm³/mol. The molecule has 1 saturated heterocycles. The summed E-state index contributed by atoms with van der Waals surface area (Å²) in [6.07, 6.45) is 3.44. The third-order valence-electron chi connectivity index (χ3n) is 6.90. The number of hydrogen-bond donors (Lipinski definition) is 2. The number of amides is 1. The van der Waals surface area contributed by atoms with E-state index in [1.165, 1.54) is 21.5 Å². The molecule has 3 N–H and O–H groups in total. The number of nitrogen functional groups attached to an aromatic ring is 1. The monoisotopic (exact) mass is 539 g/mol. The molecule has 0 aliphatic carbocycles. The van der Waals surface area contributed by atoms with Crippen molar-refractivity contribution in [2.45, 2.75) is 32.9 Å². The largest absolute Gasteiger partial charge is 0.457 e. The molecule has 4 aromatic rings. The number of nitriles is 1. The van der Waals surface area contributed by atoms with Gasteiger partial charge in [0.1, 0.15) is 35.0 Å². The number of anilines is 1. The molecular formula is C29H29N7O4. The summed E-state index contributed by atoms with van der Waals surface area (Å²) in [7, 11) is 0. The fraction of sp³-hybridized carbons (Fsp3) is 0.276. The van der Waals surface area contributed by atoms with Crippen LogP contribution in [0.25, 0.3) is 16.9 Å². The lowest BCUT2D eigenvalue weighted by Crippen LogP contribution is -2.54. The Hall–Kier alpha value is -4.95. The molecular weight excluding hydrogens is 510 g/mol. The van der Waals surface area contributed by atoms with Crippen LogP contribution in [0.1, 0.15) is 20.3 Å². The maximum absolute atomic E-state index is 13.8. The molecule has 0 spiro atoms. The van der Waals surface area contributed by atoms with E-state index < -0.39 is 11.3 Å². The van der Waals surface area contributed by atoms with Crippen molar-refractivity contribution >= 4 is 22.9 Å². The lowest BCUT2D eigenvalue weighted by Gasteiger charge is -2.41. The minimum absolute atomic E-state index is 0.0390. The van der Waals surface area contributed by atoms with Gasteiger partial charge in [-0.2, -0.15) is 5.26 Å². The molecule has 204 valence electrons. The molecule has 3 heterocycles. The van der Waals surface area contributed by atoms with E-state index in [-0.39, 0.29) is 36.3 Å². The highest BCUT2D eigenvalue weighted by Crippen LogP contribution is 2.28. The topological polar surface area (TPSA) is 152 Å². The molecule has 11 nitrogen and oxygen atoms in total. The summed E-state index contributed by atoms with van der Waals surface area (Å²) in [5.74, 6) is 1.01. The molecule has 1 fully saturated rings. The summed E-state index contributed by atoms with van der Waals surface area (Å²) >= 11 is 0. The number of carbonyl (C=O) groups is 1. The molecule has 1 unspecified atom stereocenters. The maximum Gasteiger partial charge on any atom is 0.335 e. The fourth-order valence-electron chi connectivity index (χ4n) is 4.64. The summed E-state index contributed by atoms with van der Waals surface area (Å²) in [5, 5.41) is 19.2. The number of imidazole rings is 1. The first-order chi connectivity index (χ1) is 19.2. The maximum atomic E-state index is 13.8. The van der Waals surface area contributed by atoms with Crippen molar-refractivity contribution < 1.29 is 14.6 Å². The average molecular weight is 540 g/mol. The minimum atomic E-state index is -0.721. The van der Waals surface area contributed by atoms with Gasteiger partial charge in [0.25, 0.3) is 5.91 Å². The summed E-state index contributed by atoms with van der Waals surface area (Å²) in [5.41, 5.74) is 6.34. The zero-order valence-corrected chi connectivity index (χ0v) is 22.2. The van der Waals surface area contributed by atoms with Gasteiger partial charge >= 0.3 is 5.69 Å². The molecule has 1 atom stereocenters. The van der Waals surface area contributed by atoms with Crippen LogP contribution in [-0.4, -0.2) is 54.2 Å². The number of aliphatic hydroxyl groups is 1. The van der Waals surface area contributed by atoms with Crippen molar-refractivity contribution in [2.24, 2.45) is 5.41 Å². The second-order valence-corrected chi connectivity index (χ2v) is 10.3. The van der Waals surface area contributed by atoms with Crippen LogP contribution in [0, 0.1) is 16.7 Å². The molecule has 2 aromatic heterocycles. The molecule has 1 amide bonds. The van der Waals surface area contributed by atoms with Crippen molar-refractivity contribution in [3.05, 3.63) is 83.1 Å². The zero-order valence-electron chi connectivity index (χ0n) is 22.2. The number of aromatic nitrogens is 4. The molecule has 40 heavy (non-hydrogen) atoms. The first kappa shape index (κ1) is 26.6. The minimum Gasteiger partial charge on any atom is -0.457 e. The van der Waals surface area contributed by atoms with Crippen LogP contribution >= 0.6 is 0 Å². The van der Waals surface area contributed by atoms with Gasteiger partial charge in [-0.25, -0.2) is 14.8 Å². The average Bonchev–Trinajstić information content (AvgIpc) is 3.22. The highest BCUT2D eigenvalue weighted by atomic mass is 16.5. The second-order valence-electron chi connectivity index (χ2n) is 10.3. The molecule has 11 heteroatoms. The number of nitrogens with zero attached hydrogens (tertiary/aromatic N) is 6. The number of hydrogen-bond acceptors (Lipinski definition) is 8. The number of benzene rings is 2. The first-order valence-electron chi connectivity index (χ1n) is 12.8. The van der Waals surface area contributed by atoms with Gasteiger partial charge in [-0.1, -0.05) is 38.1 Å². The van der Waals surface area contributed by atoms with Crippen LogP contribution in [0.5, 0.6) is 11.5 Å². The molecule has 1 aliphatic heterocycles. The Morgan fingerprint density at radius 2 is 1.88 bits per heavy atom. The fourth-order valence-corrected chi connectivity index (χ4v) is 4.64. The van der Waals surface area contributed by atoms with E-state index in [1.807, 2.05) is 36.4 Å². The smallest absolute Gasteiger partial charge is 0.335 e. The van der Waals surface area contributed by atoms with Crippen LogP contribution in [0.3, 0.4) is 0 Å². The van der Waals surface area contributed by atoms with Crippen LogP contribution in [0.15, 0.2) is 77.4 Å². The zero-order chi connectivity index (χ0) is 28.4. The van der Waals surface area contributed by atoms with Gasteiger partial charge in [0.05, 0.1) is 18.3 Å². The number of fused-ring (bicyclic) bond motifs is 1. The van der Waals surface area contributed by atoms with Gasteiger partial charge < -0.3 is 20.5 Å². The number of likely N-dealkylation sites (tertiary alicyclic amines) is 1. The molecule has 1 aliphatic rings. The van der Waals surface area contributed by atoms with Crippen molar-refractivity contribution in [1.82, 2.24) is 24.0 Å². The lowest BCUT2D eigenvalue weighted by molar-refractivity contribution is -0.134. The lowest BCUT2D eigenvalue weighted by atomic mass is 9.91. The summed E-state index contributed by atoms with van der Waals surface area (Å²) in [6.45, 7) is 3.90. The van der Waals surface area contributed by atoms with E-state index in [4.69, 9.17) is 10.5 Å². The van der Waals surface area contributed by atoms with Crippen molar-refractivity contribution in [2.75, 3.05) is 18.9 Å². The Bertz CT molecular complexity index is 1680. The number of para-hydroxylation sites is 1. The standard InChI is InChI=1S/C29H29N7O4/c1-29(2,17-37)14-19(15-30)27(38)34-13-12-21(34)16-35-26-24(25(31)32-18-33-26)36(28(35)39)20-8-10-23(11-9-20)40-22-6-4-3-5-7-22/h3-11,14,18,21,37H,12-13,16-17H2,1-2H3,(H2,31,32,33). The Labute approximate surface area is 230 Å². The van der Waals surface area contributed by atoms with E-state index in [0.29, 0.717) is 41.3 Å². The third-order valence-corrected chi connectivity index (χ3v) is 6.90. The van der Waals surface area contributed by atoms with Gasteiger partial charge in [-0.15, -0.1) is 0 Å². The van der Waals surface area contributed by atoms with E-state index in [2.05, 4.69) is 9.97 Å². The summed E-state index contributed by atoms with van der Waals surface area (Å²) < 4.78 is 8.81. The predicted octanol–water partition coefficient (Wildman–Crippen LogP) is 3.03. The van der Waals surface area contributed by atoms with Gasteiger partial charge in [0, 0.05) is 18.5 Å². The number of nitrogens with two attached hydrogens (primary N) is 1. The normalized spacial score (nSPS) is 15.5. The van der Waals surface area contributed by atoms with Crippen LogP contribution in [-0.2, 0) is 11.3 Å². The Balaban J connectivity index is 1.46. The molecule has 0 saturated carbocycles. The van der Waals surface area contributed by atoms with Crippen LogP contribution < -0.4 is 16.2 Å². The molecule has 5 rings (SSSR count). The van der Waals surface area contributed by atoms with Gasteiger partial charge in [0.15, 0.2) is 11.5 Å². The Morgan fingerprint density at radius 1 is 1.18 bits per heavy atom. The van der Waals surface area contributed by atoms with Gasteiger partial charge in [-0.3, -0.25) is 13.9 Å². The van der Waals surface area contributed by atoms with E-state index in [9.17, 15) is 20.0 Å². The van der Waals surface area contributed by atoms with E-state index in [0.717, 1.165) is 0 Å². The summed E-state index contributed by atoms with van der Waals surface area (Å²) in [4.78, 5) is 36.9. The number of ether oxygens (including phenoxy) is 1. The highest BCUT2D eigenvalue weighted by Gasteiger charge is 2.36. The molecule has 0 bridgehead atoms. The Morgan fingerprint density at radius 3 is 2.50 bits per heavy atom. The van der Waals surface area contributed by atoms with Crippen molar-refractivity contribution in [3.63, 3.8) is 0 Å². The number of rotatable bonds is 8. The second kappa shape index (κ2) is 10.7. The Kier molecular flexibility index (Phi) is 7.11. The molecule has 2 aromatic carbocycles. The first-order valence-corrected chi connectivity index (χ1v) is 12.8. The van der Waals surface area contributed by atoms with E-state index >= 15 is 0 Å². The molecule has 0 radical (unpaired) electrons.